The highest BCUT2D eigenvalue weighted by atomic mass is 35.5. The fraction of sp³-hybridized carbons (Fsp3) is 0.429. The van der Waals surface area contributed by atoms with Crippen molar-refractivity contribution >= 4 is 11.6 Å². The van der Waals surface area contributed by atoms with Gasteiger partial charge in [0.25, 0.3) is 0 Å². The van der Waals surface area contributed by atoms with Crippen LogP contribution in [0.15, 0.2) is 6.07 Å². The maximum Gasteiger partial charge on any atom is 0.205 e. The predicted octanol–water partition coefficient (Wildman–Crippen LogP) is 3.49. The van der Waals surface area contributed by atoms with Crippen LogP contribution in [0.1, 0.15) is 24.8 Å². The lowest BCUT2D eigenvalue weighted by Gasteiger charge is -2.19. The molecule has 1 aromatic carbocycles. The summed E-state index contributed by atoms with van der Waals surface area (Å²) in [4.78, 5) is 0. The lowest BCUT2D eigenvalue weighted by Crippen LogP contribution is -2.02. The van der Waals surface area contributed by atoms with E-state index in [1.54, 1.807) is 14.2 Å². The van der Waals surface area contributed by atoms with E-state index in [9.17, 15) is 0 Å². The van der Waals surface area contributed by atoms with Gasteiger partial charge in [0.1, 0.15) is 0 Å². The zero-order chi connectivity index (χ0) is 13.7. The molecule has 0 radical (unpaired) electrons. The van der Waals surface area contributed by atoms with E-state index in [1.165, 1.54) is 7.11 Å². The Morgan fingerprint density at radius 1 is 1.17 bits per heavy atom. The summed E-state index contributed by atoms with van der Waals surface area (Å²) in [5.74, 6) is 4.33. The lowest BCUT2D eigenvalue weighted by atomic mass is 9.96. The van der Waals surface area contributed by atoms with Crippen LogP contribution in [0.25, 0.3) is 0 Å². The summed E-state index contributed by atoms with van der Waals surface area (Å²) in [6.07, 6.45) is 5.94. The molecule has 1 atom stereocenters. The van der Waals surface area contributed by atoms with Gasteiger partial charge in [-0.05, 0) is 12.0 Å². The summed E-state index contributed by atoms with van der Waals surface area (Å²) in [5, 5.41) is 0.481. The van der Waals surface area contributed by atoms with E-state index in [0.717, 1.165) is 5.56 Å². The highest BCUT2D eigenvalue weighted by Crippen LogP contribution is 2.47. The average molecular weight is 269 g/mol. The van der Waals surface area contributed by atoms with Gasteiger partial charge in [-0.2, -0.15) is 0 Å². The molecule has 4 heteroatoms. The number of ether oxygens (including phenoxy) is 3. The van der Waals surface area contributed by atoms with Gasteiger partial charge < -0.3 is 14.2 Å². The van der Waals surface area contributed by atoms with Crippen molar-refractivity contribution in [1.29, 1.82) is 0 Å². The topological polar surface area (TPSA) is 27.7 Å². The molecule has 3 nitrogen and oxygen atoms in total. The number of halogens is 1. The largest absolute Gasteiger partial charge is 0.492 e. The van der Waals surface area contributed by atoms with Gasteiger partial charge in [-0.1, -0.05) is 18.5 Å². The van der Waals surface area contributed by atoms with Gasteiger partial charge in [-0.15, -0.1) is 12.3 Å². The van der Waals surface area contributed by atoms with Crippen LogP contribution >= 0.6 is 11.6 Å². The molecule has 0 saturated heterocycles. The summed E-state index contributed by atoms with van der Waals surface area (Å²) in [7, 11) is 4.66. The lowest BCUT2D eigenvalue weighted by molar-refractivity contribution is 0.321. The molecule has 1 unspecified atom stereocenters. The maximum atomic E-state index is 6.17. The van der Waals surface area contributed by atoms with E-state index >= 15 is 0 Å². The van der Waals surface area contributed by atoms with Crippen molar-refractivity contribution in [1.82, 2.24) is 0 Å². The quantitative estimate of drug-likeness (QED) is 0.765. The zero-order valence-electron chi connectivity index (χ0n) is 11.0. The second-order valence-corrected chi connectivity index (χ2v) is 4.26. The maximum absolute atomic E-state index is 6.17. The Morgan fingerprint density at radius 2 is 1.72 bits per heavy atom. The molecule has 0 spiro atoms. The molecular weight excluding hydrogens is 252 g/mol. The van der Waals surface area contributed by atoms with E-state index in [1.807, 2.05) is 13.0 Å². The minimum Gasteiger partial charge on any atom is -0.492 e. The summed E-state index contributed by atoms with van der Waals surface area (Å²) in [6, 6.07) is 1.81. The third kappa shape index (κ3) is 2.65. The first-order valence-corrected chi connectivity index (χ1v) is 5.90. The zero-order valence-corrected chi connectivity index (χ0v) is 11.8. The minimum absolute atomic E-state index is 0.127. The number of benzene rings is 1. The molecule has 18 heavy (non-hydrogen) atoms. The van der Waals surface area contributed by atoms with Gasteiger partial charge in [-0.3, -0.25) is 0 Å². The number of hydrogen-bond donors (Lipinski definition) is 0. The molecule has 0 aliphatic carbocycles. The van der Waals surface area contributed by atoms with Crippen molar-refractivity contribution in [2.75, 3.05) is 21.3 Å². The molecule has 1 aromatic rings. The third-order valence-electron chi connectivity index (χ3n) is 2.74. The molecule has 0 amide bonds. The van der Waals surface area contributed by atoms with Gasteiger partial charge in [0.05, 0.1) is 26.4 Å². The molecule has 0 fully saturated rings. The van der Waals surface area contributed by atoms with E-state index in [0.29, 0.717) is 28.7 Å². The van der Waals surface area contributed by atoms with Gasteiger partial charge in [0, 0.05) is 12.0 Å². The molecule has 98 valence electrons. The molecular formula is C14H17ClO3. The molecule has 0 N–H and O–H groups in total. The summed E-state index contributed by atoms with van der Waals surface area (Å²) >= 11 is 6.17. The van der Waals surface area contributed by atoms with Crippen molar-refractivity contribution in [2.24, 2.45) is 0 Å². The van der Waals surface area contributed by atoms with Crippen LogP contribution in [0.2, 0.25) is 5.02 Å². The Balaban J connectivity index is 3.44. The Labute approximate surface area is 113 Å². The van der Waals surface area contributed by atoms with Gasteiger partial charge >= 0.3 is 0 Å². The van der Waals surface area contributed by atoms with Gasteiger partial charge in [0.15, 0.2) is 11.5 Å². The van der Waals surface area contributed by atoms with E-state index < -0.39 is 0 Å². The van der Waals surface area contributed by atoms with Crippen LogP contribution in [-0.2, 0) is 0 Å². The number of terminal acetylenes is 1. The van der Waals surface area contributed by atoms with Crippen molar-refractivity contribution in [3.8, 4) is 29.6 Å². The highest BCUT2D eigenvalue weighted by Gasteiger charge is 2.22. The minimum atomic E-state index is 0.127. The van der Waals surface area contributed by atoms with Crippen molar-refractivity contribution < 1.29 is 14.2 Å². The van der Waals surface area contributed by atoms with Crippen LogP contribution < -0.4 is 14.2 Å². The average Bonchev–Trinajstić information content (AvgIpc) is 2.37. The van der Waals surface area contributed by atoms with Crippen molar-refractivity contribution in [3.63, 3.8) is 0 Å². The van der Waals surface area contributed by atoms with Crippen LogP contribution in [0.4, 0.5) is 0 Å². The summed E-state index contributed by atoms with van der Waals surface area (Å²) in [6.45, 7) is 2.01. The van der Waals surface area contributed by atoms with E-state index in [2.05, 4.69) is 5.92 Å². The Bertz CT molecular complexity index is 463. The standard InChI is InChI=1S/C14H17ClO3/c1-6-7-9(2)10-8-11(15)13(17-4)14(18-5)12(10)16-3/h1,8-9H,7H2,2-5H3. The smallest absolute Gasteiger partial charge is 0.205 e. The normalized spacial score (nSPS) is 11.6. The summed E-state index contributed by atoms with van der Waals surface area (Å²) < 4.78 is 15.9. The molecule has 1 rings (SSSR count). The highest BCUT2D eigenvalue weighted by molar-refractivity contribution is 6.32. The van der Waals surface area contributed by atoms with Crippen molar-refractivity contribution in [2.45, 2.75) is 19.3 Å². The fourth-order valence-electron chi connectivity index (χ4n) is 1.85. The first kappa shape index (κ1) is 14.5. The van der Waals surface area contributed by atoms with Gasteiger partial charge in [-0.25, -0.2) is 0 Å². The number of rotatable bonds is 5. The number of hydrogen-bond acceptors (Lipinski definition) is 3. The van der Waals surface area contributed by atoms with Crippen molar-refractivity contribution in [3.05, 3.63) is 16.7 Å². The first-order valence-electron chi connectivity index (χ1n) is 5.52. The third-order valence-corrected chi connectivity index (χ3v) is 3.02. The number of methoxy groups -OCH3 is 3. The fourth-order valence-corrected chi connectivity index (χ4v) is 2.13. The Hall–Kier alpha value is -1.53. The van der Waals surface area contributed by atoms with E-state index in [-0.39, 0.29) is 5.92 Å². The molecule has 0 bridgehead atoms. The molecule has 0 aliphatic rings. The summed E-state index contributed by atoms with van der Waals surface area (Å²) in [5.41, 5.74) is 0.915. The Kier molecular flexibility index (Phi) is 5.18. The molecule has 0 saturated carbocycles. The monoisotopic (exact) mass is 268 g/mol. The SMILES string of the molecule is C#CCC(C)c1cc(Cl)c(OC)c(OC)c1OC. The second kappa shape index (κ2) is 6.42. The molecule has 0 aliphatic heterocycles. The predicted molar refractivity (Wildman–Crippen MR) is 73.0 cm³/mol. The van der Waals surface area contributed by atoms with Gasteiger partial charge in [0.2, 0.25) is 5.75 Å². The van der Waals surface area contributed by atoms with Crippen LogP contribution in [-0.4, -0.2) is 21.3 Å². The molecule has 0 aromatic heterocycles. The second-order valence-electron chi connectivity index (χ2n) is 3.86. The van der Waals surface area contributed by atoms with Crippen LogP contribution in [0.3, 0.4) is 0 Å². The first-order chi connectivity index (χ1) is 8.60. The Morgan fingerprint density at radius 3 is 2.17 bits per heavy atom. The van der Waals surface area contributed by atoms with Crippen LogP contribution in [0, 0.1) is 12.3 Å². The molecule has 0 heterocycles. The van der Waals surface area contributed by atoms with E-state index in [4.69, 9.17) is 32.2 Å². The van der Waals surface area contributed by atoms with Crippen LogP contribution in [0.5, 0.6) is 17.2 Å².